The van der Waals surface area contributed by atoms with Crippen molar-refractivity contribution in [3.63, 3.8) is 0 Å². The van der Waals surface area contributed by atoms with Gasteiger partial charge in [0.05, 0.1) is 17.0 Å². The van der Waals surface area contributed by atoms with Crippen LogP contribution in [0.4, 0.5) is 0 Å². The van der Waals surface area contributed by atoms with Gasteiger partial charge in [-0.25, -0.2) is 24.9 Å². The highest BCUT2D eigenvalue weighted by Crippen LogP contribution is 2.49. The standard InChI is InChI=1S/C31H19N9/c1-2-6-18(7-3-1)23(28-37-16-32-17-38-28)31-39-26-19(8-4-10-21(26)24-29(39)35-14-12-33-24)20-9-5-11-22-25-30(36-15-13-34-25)40(31)27(20)22/h1-17,23,31H. The van der Waals surface area contributed by atoms with Crippen LogP contribution in [0, 0.1) is 0 Å². The van der Waals surface area contributed by atoms with E-state index in [-0.39, 0.29) is 12.1 Å². The van der Waals surface area contributed by atoms with Gasteiger partial charge in [0.25, 0.3) is 0 Å². The van der Waals surface area contributed by atoms with Crippen LogP contribution in [0.5, 0.6) is 0 Å². The molecule has 0 radical (unpaired) electrons. The van der Waals surface area contributed by atoms with Gasteiger partial charge in [0, 0.05) is 46.7 Å². The summed E-state index contributed by atoms with van der Waals surface area (Å²) in [5.74, 6) is 0.339. The largest absolute Gasteiger partial charge is 0.301 e. The van der Waals surface area contributed by atoms with Gasteiger partial charge in [0.1, 0.15) is 35.7 Å². The molecule has 40 heavy (non-hydrogen) atoms. The molecule has 3 aromatic carbocycles. The summed E-state index contributed by atoms with van der Waals surface area (Å²) in [7, 11) is 0. The van der Waals surface area contributed by atoms with Crippen molar-refractivity contribution in [1.29, 1.82) is 0 Å². The first-order valence-electron chi connectivity index (χ1n) is 13.0. The first kappa shape index (κ1) is 21.4. The highest BCUT2D eigenvalue weighted by molar-refractivity contribution is 6.16. The highest BCUT2D eigenvalue weighted by Gasteiger charge is 2.38. The van der Waals surface area contributed by atoms with E-state index in [0.717, 1.165) is 60.8 Å². The van der Waals surface area contributed by atoms with E-state index in [1.54, 1.807) is 37.4 Å². The molecular formula is C31H19N9. The summed E-state index contributed by atoms with van der Waals surface area (Å²) in [4.78, 5) is 33.0. The lowest BCUT2D eigenvalue weighted by Gasteiger charge is -2.30. The van der Waals surface area contributed by atoms with Crippen LogP contribution in [0.3, 0.4) is 0 Å². The normalized spacial score (nSPS) is 13.8. The Labute approximate surface area is 226 Å². The SMILES string of the molecule is c1ccc(C(c2ncncn2)C2n3c4nccnc4c4cccc(c43)-c3cccc4c5nccnc5n2c34)cc1. The second-order valence-electron chi connectivity index (χ2n) is 9.90. The summed E-state index contributed by atoms with van der Waals surface area (Å²) in [6.45, 7) is 0. The zero-order valence-corrected chi connectivity index (χ0v) is 21.0. The summed E-state index contributed by atoms with van der Waals surface area (Å²) in [6.07, 6.45) is 9.74. The van der Waals surface area contributed by atoms with Crippen molar-refractivity contribution in [3.8, 4) is 11.1 Å². The molecule has 6 heterocycles. The topological polar surface area (TPSA) is 100 Å². The van der Waals surface area contributed by atoms with Crippen molar-refractivity contribution in [2.24, 2.45) is 0 Å². The fraction of sp³-hybridized carbons (Fsp3) is 0.0645. The number of para-hydroxylation sites is 2. The Kier molecular flexibility index (Phi) is 4.26. The predicted octanol–water partition coefficient (Wildman–Crippen LogP) is 5.53. The fourth-order valence-corrected chi connectivity index (χ4v) is 6.48. The number of nitrogens with zero attached hydrogens (tertiary/aromatic N) is 9. The fourth-order valence-electron chi connectivity index (χ4n) is 6.48. The minimum absolute atomic E-state index is 0.315. The number of fused-ring (bicyclic) bond motifs is 7. The lowest BCUT2D eigenvalue weighted by Crippen LogP contribution is -2.27. The van der Waals surface area contributed by atoms with Crippen LogP contribution in [-0.2, 0) is 0 Å². The van der Waals surface area contributed by atoms with Crippen LogP contribution in [0.15, 0.2) is 104 Å². The first-order chi connectivity index (χ1) is 19.9. The van der Waals surface area contributed by atoms with Crippen LogP contribution in [0.25, 0.3) is 55.3 Å². The maximum absolute atomic E-state index is 4.91. The Morgan fingerprint density at radius 2 is 1.10 bits per heavy atom. The molecule has 0 amide bonds. The summed E-state index contributed by atoms with van der Waals surface area (Å²) >= 11 is 0. The Balaban J connectivity index is 1.56. The highest BCUT2D eigenvalue weighted by atomic mass is 15.3. The quantitative estimate of drug-likeness (QED) is 0.304. The maximum atomic E-state index is 4.91. The van der Waals surface area contributed by atoms with E-state index in [9.17, 15) is 0 Å². The van der Waals surface area contributed by atoms with Gasteiger partial charge in [0.2, 0.25) is 0 Å². The third kappa shape index (κ3) is 2.72. The molecule has 1 atom stereocenters. The molecule has 5 aromatic heterocycles. The summed E-state index contributed by atoms with van der Waals surface area (Å²) in [6, 6.07) is 23.2. The maximum Gasteiger partial charge on any atom is 0.161 e. The molecule has 9 heteroatoms. The monoisotopic (exact) mass is 517 g/mol. The molecule has 9 nitrogen and oxygen atoms in total. The van der Waals surface area contributed by atoms with E-state index in [1.165, 1.54) is 0 Å². The Morgan fingerprint density at radius 3 is 1.68 bits per heavy atom. The van der Waals surface area contributed by atoms with E-state index < -0.39 is 0 Å². The second kappa shape index (κ2) is 7.97. The zero-order chi connectivity index (χ0) is 26.2. The van der Waals surface area contributed by atoms with Crippen LogP contribution < -0.4 is 0 Å². The van der Waals surface area contributed by atoms with Crippen molar-refractivity contribution >= 4 is 44.1 Å². The van der Waals surface area contributed by atoms with Crippen molar-refractivity contribution < 1.29 is 0 Å². The molecule has 188 valence electrons. The predicted molar refractivity (Wildman–Crippen MR) is 152 cm³/mol. The lowest BCUT2D eigenvalue weighted by atomic mass is 9.94. The molecule has 0 fully saturated rings. The smallest absolute Gasteiger partial charge is 0.161 e. The molecular weight excluding hydrogens is 498 g/mol. The van der Waals surface area contributed by atoms with Gasteiger partial charge in [-0.1, -0.05) is 66.7 Å². The molecule has 9 rings (SSSR count). The van der Waals surface area contributed by atoms with Crippen LogP contribution in [0.2, 0.25) is 0 Å². The molecule has 0 saturated heterocycles. The molecule has 0 aliphatic carbocycles. The van der Waals surface area contributed by atoms with Crippen LogP contribution in [0.1, 0.15) is 23.5 Å². The summed E-state index contributed by atoms with van der Waals surface area (Å²) in [5, 5.41) is 2.09. The third-order valence-corrected chi connectivity index (χ3v) is 7.95. The molecule has 1 aliphatic rings. The molecule has 1 aliphatic heterocycles. The molecule has 0 saturated carbocycles. The van der Waals surface area contributed by atoms with Gasteiger partial charge < -0.3 is 9.13 Å². The van der Waals surface area contributed by atoms with Gasteiger partial charge in [-0.05, 0) is 5.56 Å². The van der Waals surface area contributed by atoms with Gasteiger partial charge in [-0.2, -0.15) is 0 Å². The number of hydrogen-bond donors (Lipinski definition) is 0. The van der Waals surface area contributed by atoms with E-state index in [1.807, 2.05) is 6.07 Å². The Bertz CT molecular complexity index is 2080. The Hall–Kier alpha value is -5.57. The summed E-state index contributed by atoms with van der Waals surface area (Å²) in [5.41, 5.74) is 8.69. The number of rotatable bonds is 3. The van der Waals surface area contributed by atoms with Gasteiger partial charge in [-0.3, -0.25) is 9.97 Å². The minimum Gasteiger partial charge on any atom is -0.301 e. The molecule has 0 bridgehead atoms. The van der Waals surface area contributed by atoms with Crippen molar-refractivity contribution in [3.05, 3.63) is 116 Å². The van der Waals surface area contributed by atoms with Gasteiger partial charge in [-0.15, -0.1) is 0 Å². The van der Waals surface area contributed by atoms with Crippen LogP contribution >= 0.6 is 0 Å². The van der Waals surface area contributed by atoms with Gasteiger partial charge >= 0.3 is 0 Å². The van der Waals surface area contributed by atoms with E-state index in [0.29, 0.717) is 5.82 Å². The van der Waals surface area contributed by atoms with Crippen LogP contribution in [-0.4, -0.2) is 44.0 Å². The average Bonchev–Trinajstić information content (AvgIpc) is 3.50. The van der Waals surface area contributed by atoms with E-state index >= 15 is 0 Å². The minimum atomic E-state index is -0.386. The number of hydrogen-bond acceptors (Lipinski definition) is 7. The second-order valence-corrected chi connectivity index (χ2v) is 9.90. The van der Waals surface area contributed by atoms with Crippen molar-refractivity contribution in [2.45, 2.75) is 12.1 Å². The molecule has 1 unspecified atom stereocenters. The third-order valence-electron chi connectivity index (χ3n) is 7.95. The molecule has 0 N–H and O–H groups in total. The average molecular weight is 518 g/mol. The molecule has 8 aromatic rings. The number of aromatic nitrogens is 9. The first-order valence-corrected chi connectivity index (χ1v) is 13.0. The lowest BCUT2D eigenvalue weighted by molar-refractivity contribution is 0.412. The van der Waals surface area contributed by atoms with E-state index in [4.69, 9.17) is 29.9 Å². The molecule has 0 spiro atoms. The van der Waals surface area contributed by atoms with Gasteiger partial charge in [0.15, 0.2) is 11.3 Å². The van der Waals surface area contributed by atoms with E-state index in [2.05, 4.69) is 74.8 Å². The Morgan fingerprint density at radius 1 is 0.550 bits per heavy atom. The van der Waals surface area contributed by atoms with Crippen molar-refractivity contribution in [1.82, 2.24) is 44.0 Å². The number of benzene rings is 3. The van der Waals surface area contributed by atoms with Crippen molar-refractivity contribution in [2.75, 3.05) is 0 Å². The summed E-state index contributed by atoms with van der Waals surface area (Å²) < 4.78 is 4.62. The zero-order valence-electron chi connectivity index (χ0n) is 21.0.